The number of halogens is 1. The summed E-state index contributed by atoms with van der Waals surface area (Å²) in [5.41, 5.74) is 0.890. The van der Waals surface area contributed by atoms with Crippen LogP contribution in [0.4, 0.5) is 0 Å². The average Bonchev–Trinajstić information content (AvgIpc) is 2.91. The summed E-state index contributed by atoms with van der Waals surface area (Å²) in [7, 11) is 0. The van der Waals surface area contributed by atoms with Crippen LogP contribution in [-0.2, 0) is 0 Å². The highest BCUT2D eigenvalue weighted by Crippen LogP contribution is 2.49. The summed E-state index contributed by atoms with van der Waals surface area (Å²) in [5, 5.41) is 0. The molecule has 1 aromatic rings. The monoisotopic (exact) mass is 278 g/mol. The smallest absolute Gasteiger partial charge is 0.166 e. The Labute approximate surface area is 104 Å². The number of ketones is 1. The zero-order valence-electron chi connectivity index (χ0n) is 9.16. The Balaban J connectivity index is 1.80. The number of fused-ring (bicyclic) bond motifs is 2. The first-order valence-electron chi connectivity index (χ1n) is 6.04. The number of hydrogen-bond donors (Lipinski definition) is 0. The number of benzene rings is 1. The van der Waals surface area contributed by atoms with E-state index in [1.807, 2.05) is 24.3 Å². The molecule has 2 bridgehead atoms. The van der Waals surface area contributed by atoms with Gasteiger partial charge in [0.2, 0.25) is 0 Å². The van der Waals surface area contributed by atoms with Crippen LogP contribution in [0.5, 0.6) is 0 Å². The molecule has 0 aromatic heterocycles. The van der Waals surface area contributed by atoms with Crippen LogP contribution in [0.1, 0.15) is 36.0 Å². The van der Waals surface area contributed by atoms with Crippen molar-refractivity contribution in [3.05, 3.63) is 34.3 Å². The zero-order valence-corrected chi connectivity index (χ0v) is 10.7. The van der Waals surface area contributed by atoms with Gasteiger partial charge in [-0.2, -0.15) is 0 Å². The maximum atomic E-state index is 12.3. The molecule has 2 heteroatoms. The zero-order chi connectivity index (χ0) is 11.1. The fraction of sp³-hybridized carbons (Fsp3) is 0.500. The van der Waals surface area contributed by atoms with E-state index in [4.69, 9.17) is 0 Å². The van der Waals surface area contributed by atoms with E-state index in [1.165, 1.54) is 19.3 Å². The first-order valence-corrected chi connectivity index (χ1v) is 6.83. The summed E-state index contributed by atoms with van der Waals surface area (Å²) in [6.45, 7) is 0. The third-order valence-corrected chi connectivity index (χ3v) is 4.73. The summed E-state index contributed by atoms with van der Waals surface area (Å²) >= 11 is 3.40. The minimum Gasteiger partial charge on any atom is -0.294 e. The van der Waals surface area contributed by atoms with Crippen LogP contribution in [0.2, 0.25) is 0 Å². The minimum atomic E-state index is 0.319. The molecule has 0 amide bonds. The molecular weight excluding hydrogens is 264 g/mol. The molecule has 3 atom stereocenters. The van der Waals surface area contributed by atoms with Crippen molar-refractivity contribution in [2.75, 3.05) is 0 Å². The fourth-order valence-electron chi connectivity index (χ4n) is 3.39. The lowest BCUT2D eigenvalue weighted by molar-refractivity contribution is 0.0875. The Hall–Kier alpha value is -0.630. The normalized spacial score (nSPS) is 31.9. The third kappa shape index (κ3) is 1.73. The van der Waals surface area contributed by atoms with Gasteiger partial charge in [-0.3, -0.25) is 4.79 Å². The molecule has 84 valence electrons. The summed E-state index contributed by atoms with van der Waals surface area (Å²) in [5.74, 6) is 2.22. The first-order chi connectivity index (χ1) is 7.74. The van der Waals surface area contributed by atoms with E-state index in [0.717, 1.165) is 22.4 Å². The Morgan fingerprint density at radius 2 is 1.88 bits per heavy atom. The van der Waals surface area contributed by atoms with Crippen LogP contribution in [-0.4, -0.2) is 5.78 Å². The van der Waals surface area contributed by atoms with Gasteiger partial charge in [-0.1, -0.05) is 34.5 Å². The predicted molar refractivity (Wildman–Crippen MR) is 67.4 cm³/mol. The van der Waals surface area contributed by atoms with Crippen molar-refractivity contribution in [2.45, 2.75) is 25.7 Å². The molecule has 0 spiro atoms. The molecule has 16 heavy (non-hydrogen) atoms. The molecule has 2 fully saturated rings. The molecular formula is C14H15BrO. The van der Waals surface area contributed by atoms with E-state index in [1.54, 1.807) is 0 Å². The lowest BCUT2D eigenvalue weighted by atomic mass is 9.83. The van der Waals surface area contributed by atoms with Crippen molar-refractivity contribution >= 4 is 21.7 Å². The molecule has 0 saturated heterocycles. The molecule has 3 unspecified atom stereocenters. The van der Waals surface area contributed by atoms with E-state index < -0.39 is 0 Å². The van der Waals surface area contributed by atoms with E-state index in [-0.39, 0.29) is 0 Å². The average molecular weight is 279 g/mol. The lowest BCUT2D eigenvalue weighted by Gasteiger charge is -2.20. The second-order valence-electron chi connectivity index (χ2n) is 5.15. The van der Waals surface area contributed by atoms with Crippen LogP contribution in [0.25, 0.3) is 0 Å². The molecule has 0 aliphatic heterocycles. The Morgan fingerprint density at radius 3 is 2.44 bits per heavy atom. The molecule has 2 aliphatic rings. The van der Waals surface area contributed by atoms with Crippen LogP contribution in [0.15, 0.2) is 28.7 Å². The number of carbonyl (C=O) groups excluding carboxylic acids is 1. The molecule has 0 heterocycles. The van der Waals surface area contributed by atoms with Crippen LogP contribution < -0.4 is 0 Å². The summed E-state index contributed by atoms with van der Waals surface area (Å²) in [4.78, 5) is 12.3. The largest absolute Gasteiger partial charge is 0.294 e. The standard InChI is InChI=1S/C14H15BrO/c15-12-5-3-10(4-6-12)14(16)13-8-9-1-2-11(13)7-9/h3-6,9,11,13H,1-2,7-8H2. The van der Waals surface area contributed by atoms with E-state index in [0.29, 0.717) is 17.6 Å². The SMILES string of the molecule is O=C(c1ccc(Br)cc1)C1CC2CCC1C2. The van der Waals surface area contributed by atoms with Gasteiger partial charge in [-0.15, -0.1) is 0 Å². The van der Waals surface area contributed by atoms with Crippen molar-refractivity contribution in [2.24, 2.45) is 17.8 Å². The van der Waals surface area contributed by atoms with Crippen molar-refractivity contribution < 1.29 is 4.79 Å². The van der Waals surface area contributed by atoms with Crippen LogP contribution in [0.3, 0.4) is 0 Å². The fourth-order valence-corrected chi connectivity index (χ4v) is 3.66. The third-order valence-electron chi connectivity index (χ3n) is 4.20. The van der Waals surface area contributed by atoms with E-state index in [2.05, 4.69) is 15.9 Å². The molecule has 3 rings (SSSR count). The minimum absolute atomic E-state index is 0.319. The van der Waals surface area contributed by atoms with Crippen LogP contribution in [0, 0.1) is 17.8 Å². The van der Waals surface area contributed by atoms with Gasteiger partial charge < -0.3 is 0 Å². The molecule has 2 saturated carbocycles. The van der Waals surface area contributed by atoms with Gasteiger partial charge in [0.1, 0.15) is 0 Å². The molecule has 1 aromatic carbocycles. The van der Waals surface area contributed by atoms with Gasteiger partial charge in [0, 0.05) is 16.0 Å². The van der Waals surface area contributed by atoms with Gasteiger partial charge in [-0.25, -0.2) is 0 Å². The van der Waals surface area contributed by atoms with Crippen molar-refractivity contribution in [3.8, 4) is 0 Å². The lowest BCUT2D eigenvalue weighted by Crippen LogP contribution is -2.20. The highest BCUT2D eigenvalue weighted by atomic mass is 79.9. The Morgan fingerprint density at radius 1 is 1.12 bits per heavy atom. The van der Waals surface area contributed by atoms with Gasteiger partial charge >= 0.3 is 0 Å². The molecule has 0 radical (unpaired) electrons. The maximum Gasteiger partial charge on any atom is 0.166 e. The van der Waals surface area contributed by atoms with E-state index in [9.17, 15) is 4.79 Å². The molecule has 1 nitrogen and oxygen atoms in total. The van der Waals surface area contributed by atoms with Crippen LogP contribution >= 0.6 is 15.9 Å². The Bertz CT molecular complexity index is 409. The number of hydrogen-bond acceptors (Lipinski definition) is 1. The number of Topliss-reactive ketones (excluding diaryl/α,β-unsaturated/α-hetero) is 1. The summed E-state index contributed by atoms with van der Waals surface area (Å²) in [6.07, 6.45) is 5.07. The van der Waals surface area contributed by atoms with Gasteiger partial charge in [-0.05, 0) is 43.2 Å². The summed E-state index contributed by atoms with van der Waals surface area (Å²) < 4.78 is 1.04. The second-order valence-corrected chi connectivity index (χ2v) is 6.07. The molecule has 0 N–H and O–H groups in total. The highest BCUT2D eigenvalue weighted by Gasteiger charge is 2.42. The number of rotatable bonds is 2. The topological polar surface area (TPSA) is 17.1 Å². The quantitative estimate of drug-likeness (QED) is 0.746. The number of carbonyl (C=O) groups is 1. The van der Waals surface area contributed by atoms with Crippen molar-refractivity contribution in [1.29, 1.82) is 0 Å². The maximum absolute atomic E-state index is 12.3. The van der Waals surface area contributed by atoms with Gasteiger partial charge in [0.05, 0.1) is 0 Å². The predicted octanol–water partition coefficient (Wildman–Crippen LogP) is 4.07. The van der Waals surface area contributed by atoms with Gasteiger partial charge in [0.15, 0.2) is 5.78 Å². The summed E-state index contributed by atoms with van der Waals surface area (Å²) in [6, 6.07) is 7.80. The first kappa shape index (κ1) is 10.5. The highest BCUT2D eigenvalue weighted by molar-refractivity contribution is 9.10. The Kier molecular flexibility index (Phi) is 2.62. The van der Waals surface area contributed by atoms with Crippen molar-refractivity contribution in [3.63, 3.8) is 0 Å². The second kappa shape index (κ2) is 3.99. The van der Waals surface area contributed by atoms with Gasteiger partial charge in [0.25, 0.3) is 0 Å². The van der Waals surface area contributed by atoms with E-state index >= 15 is 0 Å². The van der Waals surface area contributed by atoms with Crippen molar-refractivity contribution in [1.82, 2.24) is 0 Å². The molecule has 2 aliphatic carbocycles.